The third-order valence-electron chi connectivity index (χ3n) is 6.00. The van der Waals surface area contributed by atoms with Crippen molar-refractivity contribution >= 4 is 50.2 Å². The topological polar surface area (TPSA) is 118 Å². The number of pyridine rings is 1. The summed E-state index contributed by atoms with van der Waals surface area (Å²) in [7, 11) is -3.64. The number of nitrogens with one attached hydrogen (secondary N) is 3. The molecular formula is C27H33ClN6O3S. The smallest absolute Gasteiger partial charge is 0.229 e. The molecular weight excluding hydrogens is 524 g/mol. The number of benzene rings is 1. The fourth-order valence-corrected chi connectivity index (χ4v) is 5.27. The molecule has 38 heavy (non-hydrogen) atoms. The molecule has 202 valence electrons. The molecule has 1 aromatic carbocycles. The maximum Gasteiger partial charge on any atom is 0.229 e. The van der Waals surface area contributed by atoms with Crippen LogP contribution in [-0.4, -0.2) is 47.8 Å². The largest absolute Gasteiger partial charge is 0.489 e. The predicted molar refractivity (Wildman–Crippen MR) is 153 cm³/mol. The maximum atomic E-state index is 12.8. The Kier molecular flexibility index (Phi) is 8.54. The van der Waals surface area contributed by atoms with Crippen LogP contribution in [0.3, 0.4) is 0 Å². The van der Waals surface area contributed by atoms with Crippen molar-refractivity contribution < 1.29 is 13.2 Å². The summed E-state index contributed by atoms with van der Waals surface area (Å²) in [5.41, 5.74) is 4.55. The highest BCUT2D eigenvalue weighted by Crippen LogP contribution is 2.36. The van der Waals surface area contributed by atoms with E-state index in [0.29, 0.717) is 11.4 Å². The van der Waals surface area contributed by atoms with Crippen molar-refractivity contribution in [3.8, 4) is 5.75 Å². The van der Waals surface area contributed by atoms with Crippen LogP contribution in [0.25, 0.3) is 5.57 Å². The minimum absolute atomic E-state index is 0.0385. The molecule has 9 nitrogen and oxygen atoms in total. The van der Waals surface area contributed by atoms with Crippen molar-refractivity contribution in [3.63, 3.8) is 0 Å². The second kappa shape index (κ2) is 11.7. The average molecular weight is 557 g/mol. The minimum Gasteiger partial charge on any atom is -0.489 e. The van der Waals surface area contributed by atoms with Gasteiger partial charge >= 0.3 is 0 Å². The first-order chi connectivity index (χ1) is 18.1. The molecule has 0 fully saturated rings. The Hall–Kier alpha value is -3.21. The average Bonchev–Trinajstić information content (AvgIpc) is 2.88. The zero-order chi connectivity index (χ0) is 27.4. The first-order valence-electron chi connectivity index (χ1n) is 12.5. The molecule has 2 aromatic heterocycles. The number of nitrogens with zero attached hydrogens (tertiary/aromatic N) is 3. The van der Waals surface area contributed by atoms with Gasteiger partial charge in [-0.2, -0.15) is 4.98 Å². The Labute approximate surface area is 229 Å². The van der Waals surface area contributed by atoms with Crippen LogP contribution in [0.2, 0.25) is 5.02 Å². The van der Waals surface area contributed by atoms with Gasteiger partial charge in [0.15, 0.2) is 20.7 Å². The molecule has 3 aromatic rings. The van der Waals surface area contributed by atoms with Crippen LogP contribution in [0.15, 0.2) is 47.8 Å². The zero-order valence-electron chi connectivity index (χ0n) is 22.2. The Morgan fingerprint density at radius 3 is 2.58 bits per heavy atom. The van der Waals surface area contributed by atoms with Gasteiger partial charge in [0.2, 0.25) is 5.95 Å². The summed E-state index contributed by atoms with van der Waals surface area (Å²) in [6.07, 6.45) is 6.02. The molecule has 3 N–H and O–H groups in total. The van der Waals surface area contributed by atoms with Gasteiger partial charge in [-0.25, -0.2) is 18.4 Å². The van der Waals surface area contributed by atoms with Gasteiger partial charge in [0, 0.05) is 12.7 Å². The molecule has 0 saturated carbocycles. The first-order valence-corrected chi connectivity index (χ1v) is 14.5. The molecule has 11 heteroatoms. The van der Waals surface area contributed by atoms with Gasteiger partial charge in [-0.1, -0.05) is 17.7 Å². The van der Waals surface area contributed by atoms with Gasteiger partial charge in [0.05, 0.1) is 28.9 Å². The highest BCUT2D eigenvalue weighted by molar-refractivity contribution is 7.92. The molecule has 1 aliphatic rings. The molecule has 3 heterocycles. The number of halogens is 1. The Morgan fingerprint density at radius 1 is 1.11 bits per heavy atom. The molecule has 1 aliphatic heterocycles. The predicted octanol–water partition coefficient (Wildman–Crippen LogP) is 5.67. The highest BCUT2D eigenvalue weighted by Gasteiger charge is 2.25. The number of aryl methyl sites for hydroxylation is 1. The van der Waals surface area contributed by atoms with Crippen LogP contribution in [-0.2, 0) is 9.84 Å². The lowest BCUT2D eigenvalue weighted by molar-refractivity contribution is 0.243. The minimum atomic E-state index is -3.64. The third kappa shape index (κ3) is 6.25. The summed E-state index contributed by atoms with van der Waals surface area (Å²) in [6.45, 7) is 11.0. The van der Waals surface area contributed by atoms with E-state index in [1.165, 1.54) is 18.0 Å². The number of ether oxygens (including phenoxy) is 1. The number of aromatic nitrogens is 3. The van der Waals surface area contributed by atoms with Crippen LogP contribution in [0.5, 0.6) is 5.75 Å². The first kappa shape index (κ1) is 27.8. The monoisotopic (exact) mass is 556 g/mol. The van der Waals surface area contributed by atoms with E-state index in [4.69, 9.17) is 16.3 Å². The number of rotatable bonds is 9. The van der Waals surface area contributed by atoms with Crippen LogP contribution in [0.1, 0.15) is 45.2 Å². The van der Waals surface area contributed by atoms with Crippen molar-refractivity contribution in [2.24, 2.45) is 0 Å². The number of hydrogen-bond donors (Lipinski definition) is 3. The van der Waals surface area contributed by atoms with Crippen LogP contribution >= 0.6 is 11.6 Å². The van der Waals surface area contributed by atoms with E-state index in [1.54, 1.807) is 26.0 Å². The van der Waals surface area contributed by atoms with Gasteiger partial charge in [0.1, 0.15) is 10.8 Å². The molecule has 0 unspecified atom stereocenters. The zero-order valence-corrected chi connectivity index (χ0v) is 23.7. The molecule has 0 saturated heterocycles. The summed E-state index contributed by atoms with van der Waals surface area (Å²) < 4.78 is 31.8. The van der Waals surface area contributed by atoms with Crippen molar-refractivity contribution in [3.05, 3.63) is 58.9 Å². The van der Waals surface area contributed by atoms with Crippen LogP contribution in [0, 0.1) is 6.92 Å². The molecule has 4 rings (SSSR count). The van der Waals surface area contributed by atoms with Gasteiger partial charge in [-0.3, -0.25) is 0 Å². The summed E-state index contributed by atoms with van der Waals surface area (Å²) in [6, 6.07) is 7.35. The maximum absolute atomic E-state index is 12.8. The second-order valence-corrected chi connectivity index (χ2v) is 12.4. The second-order valence-electron chi connectivity index (χ2n) is 9.60. The van der Waals surface area contributed by atoms with E-state index in [9.17, 15) is 8.42 Å². The van der Waals surface area contributed by atoms with Crippen molar-refractivity contribution in [1.29, 1.82) is 0 Å². The summed E-state index contributed by atoms with van der Waals surface area (Å²) in [5.74, 6) is 1.21. The molecule has 0 radical (unpaired) electrons. The SMILES string of the molecule is Cc1cc(Nc2ncc(Cl)c(Nc3cccnc3S(=O)(=O)C(C)C)n2)c(OC(C)C)cc1C1=CCNCC1. The van der Waals surface area contributed by atoms with Gasteiger partial charge in [-0.05, 0) is 88.5 Å². The van der Waals surface area contributed by atoms with Crippen LogP contribution in [0.4, 0.5) is 23.1 Å². The van der Waals surface area contributed by atoms with E-state index in [0.717, 1.165) is 30.6 Å². The molecule has 0 amide bonds. The standard InChI is InChI=1S/C27H33ClN6O3S/c1-16(2)37-24-14-20(19-8-11-29-12-9-19)18(5)13-23(24)33-27-31-15-21(28)25(34-27)32-22-7-6-10-30-26(22)38(35,36)17(3)4/h6-8,10,13-17,29H,9,11-12H2,1-5H3,(H2,31,32,33,34). The molecule has 0 aliphatic carbocycles. The lowest BCUT2D eigenvalue weighted by atomic mass is 9.95. The number of hydrogen-bond acceptors (Lipinski definition) is 9. The Morgan fingerprint density at radius 2 is 1.89 bits per heavy atom. The van der Waals surface area contributed by atoms with E-state index in [-0.39, 0.29) is 33.6 Å². The number of anilines is 4. The van der Waals surface area contributed by atoms with Gasteiger partial charge in [0.25, 0.3) is 0 Å². The van der Waals surface area contributed by atoms with Crippen molar-refractivity contribution in [2.75, 3.05) is 23.7 Å². The normalized spacial score (nSPS) is 13.9. The Balaban J connectivity index is 1.68. The molecule has 0 bridgehead atoms. The fraction of sp³-hybridized carbons (Fsp3) is 0.370. The van der Waals surface area contributed by atoms with E-state index in [1.807, 2.05) is 19.9 Å². The van der Waals surface area contributed by atoms with Gasteiger partial charge in [-0.15, -0.1) is 0 Å². The van der Waals surface area contributed by atoms with Gasteiger partial charge < -0.3 is 20.7 Å². The lowest BCUT2D eigenvalue weighted by Gasteiger charge is -2.21. The fourth-order valence-electron chi connectivity index (χ4n) is 4.05. The quantitative estimate of drug-likeness (QED) is 0.306. The third-order valence-corrected chi connectivity index (χ3v) is 8.39. The van der Waals surface area contributed by atoms with Crippen molar-refractivity contribution in [2.45, 2.75) is 57.4 Å². The van der Waals surface area contributed by atoms with E-state index < -0.39 is 15.1 Å². The van der Waals surface area contributed by atoms with Crippen LogP contribution < -0.4 is 20.7 Å². The van der Waals surface area contributed by atoms with E-state index >= 15 is 0 Å². The summed E-state index contributed by atoms with van der Waals surface area (Å²) in [5, 5.41) is 9.16. The highest BCUT2D eigenvalue weighted by atomic mass is 35.5. The lowest BCUT2D eigenvalue weighted by Crippen LogP contribution is -2.20. The molecule has 0 spiro atoms. The Bertz CT molecular complexity index is 1460. The van der Waals surface area contributed by atoms with Crippen molar-refractivity contribution in [1.82, 2.24) is 20.3 Å². The number of sulfone groups is 1. The summed E-state index contributed by atoms with van der Waals surface area (Å²) >= 11 is 6.39. The molecule has 0 atom stereocenters. The summed E-state index contributed by atoms with van der Waals surface area (Å²) in [4.78, 5) is 13.0. The van der Waals surface area contributed by atoms with E-state index in [2.05, 4.69) is 50.0 Å².